The molecule has 0 atom stereocenters. The summed E-state index contributed by atoms with van der Waals surface area (Å²) in [6, 6.07) is 5.61. The van der Waals surface area contributed by atoms with Crippen molar-refractivity contribution in [3.63, 3.8) is 0 Å². The van der Waals surface area contributed by atoms with Gasteiger partial charge in [0.15, 0.2) is 0 Å². The molecule has 5 heteroatoms. The highest BCUT2D eigenvalue weighted by Crippen LogP contribution is 2.40. The monoisotopic (exact) mass is 251 g/mol. The van der Waals surface area contributed by atoms with Gasteiger partial charge in [-0.2, -0.15) is 0 Å². The number of hydrogen-bond donors (Lipinski definition) is 1. The molecule has 0 saturated carbocycles. The van der Waals surface area contributed by atoms with Crippen molar-refractivity contribution in [2.45, 2.75) is 6.42 Å². The first kappa shape index (κ1) is 9.81. The Bertz CT molecular complexity index is 606. The number of aromatic carboxylic acids is 1. The van der Waals surface area contributed by atoms with Crippen molar-refractivity contribution in [3.05, 3.63) is 38.7 Å². The van der Waals surface area contributed by atoms with Crippen molar-refractivity contribution >= 4 is 28.9 Å². The van der Waals surface area contributed by atoms with Gasteiger partial charge < -0.3 is 5.11 Å². The summed E-state index contributed by atoms with van der Waals surface area (Å²) in [6.45, 7) is 0. The van der Waals surface area contributed by atoms with Gasteiger partial charge >= 0.3 is 5.97 Å². The van der Waals surface area contributed by atoms with E-state index in [9.17, 15) is 4.79 Å². The molecule has 80 valence electrons. The van der Waals surface area contributed by atoms with Crippen LogP contribution in [0.2, 0.25) is 5.02 Å². The van der Waals surface area contributed by atoms with Gasteiger partial charge in [0.2, 0.25) is 5.01 Å². The van der Waals surface area contributed by atoms with E-state index in [0.717, 1.165) is 28.1 Å². The third-order valence-electron chi connectivity index (χ3n) is 2.55. The first-order valence-corrected chi connectivity index (χ1v) is 5.86. The number of fused-ring (bicyclic) bond motifs is 3. The molecule has 3 rings (SSSR count). The Hall–Kier alpha value is -1.39. The number of nitrogens with zero attached hydrogens (tertiary/aromatic N) is 1. The minimum atomic E-state index is -0.963. The molecule has 1 heterocycles. The summed E-state index contributed by atoms with van der Waals surface area (Å²) in [5.74, 6) is -0.963. The van der Waals surface area contributed by atoms with Crippen LogP contribution in [-0.2, 0) is 6.42 Å². The molecule has 0 aliphatic heterocycles. The molecule has 0 fully saturated rings. The largest absolute Gasteiger partial charge is 0.476 e. The summed E-state index contributed by atoms with van der Waals surface area (Å²) < 4.78 is 0. The van der Waals surface area contributed by atoms with E-state index in [-0.39, 0.29) is 5.01 Å². The van der Waals surface area contributed by atoms with E-state index in [0.29, 0.717) is 5.02 Å². The third kappa shape index (κ3) is 1.34. The lowest BCUT2D eigenvalue weighted by Crippen LogP contribution is -1.94. The van der Waals surface area contributed by atoms with E-state index in [1.54, 1.807) is 6.07 Å². The lowest BCUT2D eigenvalue weighted by atomic mass is 10.1. The van der Waals surface area contributed by atoms with Crippen LogP contribution in [0.25, 0.3) is 11.3 Å². The molecule has 16 heavy (non-hydrogen) atoms. The first-order chi connectivity index (χ1) is 7.65. The molecule has 0 saturated heterocycles. The van der Waals surface area contributed by atoms with Crippen LogP contribution in [0.4, 0.5) is 0 Å². The maximum absolute atomic E-state index is 10.8. The normalized spacial score (nSPS) is 12.3. The molecule has 0 radical (unpaired) electrons. The maximum atomic E-state index is 10.8. The summed E-state index contributed by atoms with van der Waals surface area (Å²) in [4.78, 5) is 15.9. The second-order valence-electron chi connectivity index (χ2n) is 3.57. The van der Waals surface area contributed by atoms with Gasteiger partial charge in [-0.15, -0.1) is 11.3 Å². The molecule has 0 bridgehead atoms. The predicted molar refractivity (Wildman–Crippen MR) is 62.3 cm³/mol. The van der Waals surface area contributed by atoms with Crippen molar-refractivity contribution < 1.29 is 9.90 Å². The summed E-state index contributed by atoms with van der Waals surface area (Å²) in [6.07, 6.45) is 0.732. The zero-order valence-electron chi connectivity index (χ0n) is 8.03. The molecule has 3 nitrogen and oxygen atoms in total. The van der Waals surface area contributed by atoms with E-state index in [1.807, 2.05) is 12.1 Å². The highest BCUT2D eigenvalue weighted by molar-refractivity contribution is 7.14. The molecular formula is C11H6ClNO2S. The Morgan fingerprint density at radius 2 is 2.31 bits per heavy atom. The highest BCUT2D eigenvalue weighted by Gasteiger charge is 2.25. The van der Waals surface area contributed by atoms with Gasteiger partial charge in [-0.1, -0.05) is 17.7 Å². The number of rotatable bonds is 1. The molecule has 0 spiro atoms. The standard InChI is InChI=1S/C11H6ClNO2S/c12-6-1-2-7-5(3-6)4-8-9(7)13-10(16-8)11(14)15/h1-3H,4H2,(H,14,15). The van der Waals surface area contributed by atoms with Gasteiger partial charge in [0.25, 0.3) is 0 Å². The van der Waals surface area contributed by atoms with Crippen LogP contribution in [0.15, 0.2) is 18.2 Å². The number of carboxylic acids is 1. The van der Waals surface area contributed by atoms with Crippen LogP contribution in [0.1, 0.15) is 20.2 Å². The Kier molecular flexibility index (Phi) is 2.02. The van der Waals surface area contributed by atoms with Gasteiger partial charge in [-0.05, 0) is 17.7 Å². The van der Waals surface area contributed by atoms with Gasteiger partial charge in [0.05, 0.1) is 5.69 Å². The summed E-state index contributed by atoms with van der Waals surface area (Å²) in [5, 5.41) is 9.72. The maximum Gasteiger partial charge on any atom is 0.365 e. The molecule has 1 aliphatic carbocycles. The number of benzene rings is 1. The zero-order valence-corrected chi connectivity index (χ0v) is 9.60. The fourth-order valence-electron chi connectivity index (χ4n) is 1.89. The average Bonchev–Trinajstić information content (AvgIpc) is 2.73. The first-order valence-electron chi connectivity index (χ1n) is 4.67. The second-order valence-corrected chi connectivity index (χ2v) is 5.09. The quantitative estimate of drug-likeness (QED) is 0.723. The van der Waals surface area contributed by atoms with Gasteiger partial charge in [-0.25, -0.2) is 9.78 Å². The van der Waals surface area contributed by atoms with E-state index in [4.69, 9.17) is 16.7 Å². The second kappa shape index (κ2) is 3.30. The lowest BCUT2D eigenvalue weighted by Gasteiger charge is -1.98. The fraction of sp³-hybridized carbons (Fsp3) is 0.0909. The van der Waals surface area contributed by atoms with Gasteiger partial charge in [0.1, 0.15) is 0 Å². The Morgan fingerprint density at radius 3 is 3.06 bits per heavy atom. The molecule has 1 aromatic carbocycles. The van der Waals surface area contributed by atoms with E-state index < -0.39 is 5.97 Å². The Labute approximate surface area is 100 Å². The van der Waals surface area contributed by atoms with Crippen molar-refractivity contribution in [2.75, 3.05) is 0 Å². The summed E-state index contributed by atoms with van der Waals surface area (Å²) >= 11 is 7.14. The van der Waals surface area contributed by atoms with Crippen LogP contribution in [0.5, 0.6) is 0 Å². The number of carbonyl (C=O) groups is 1. The van der Waals surface area contributed by atoms with Crippen LogP contribution in [0, 0.1) is 0 Å². The minimum Gasteiger partial charge on any atom is -0.476 e. The zero-order chi connectivity index (χ0) is 11.3. The van der Waals surface area contributed by atoms with Gasteiger partial charge in [-0.3, -0.25) is 0 Å². The summed E-state index contributed by atoms with van der Waals surface area (Å²) in [5.41, 5.74) is 2.93. The fourth-order valence-corrected chi connectivity index (χ4v) is 3.02. The van der Waals surface area contributed by atoms with Crippen molar-refractivity contribution in [3.8, 4) is 11.3 Å². The molecular weight excluding hydrogens is 246 g/mol. The average molecular weight is 252 g/mol. The molecule has 0 amide bonds. The molecule has 1 aromatic heterocycles. The minimum absolute atomic E-state index is 0.158. The topological polar surface area (TPSA) is 50.2 Å². The van der Waals surface area contributed by atoms with Crippen LogP contribution >= 0.6 is 22.9 Å². The van der Waals surface area contributed by atoms with E-state index in [2.05, 4.69) is 4.98 Å². The van der Waals surface area contributed by atoms with Crippen LogP contribution in [0.3, 0.4) is 0 Å². The number of aromatic nitrogens is 1. The van der Waals surface area contributed by atoms with E-state index >= 15 is 0 Å². The van der Waals surface area contributed by atoms with Crippen molar-refractivity contribution in [1.82, 2.24) is 4.98 Å². The lowest BCUT2D eigenvalue weighted by molar-refractivity contribution is 0.0696. The predicted octanol–water partition coefficient (Wildman–Crippen LogP) is 3.07. The smallest absolute Gasteiger partial charge is 0.365 e. The Balaban J connectivity index is 2.16. The summed E-state index contributed by atoms with van der Waals surface area (Å²) in [7, 11) is 0. The molecule has 1 aliphatic rings. The number of halogens is 1. The van der Waals surface area contributed by atoms with Crippen LogP contribution in [-0.4, -0.2) is 16.1 Å². The molecule has 2 aromatic rings. The molecule has 0 unspecified atom stereocenters. The van der Waals surface area contributed by atoms with Gasteiger partial charge in [0, 0.05) is 21.9 Å². The number of thiazole rings is 1. The van der Waals surface area contributed by atoms with Crippen molar-refractivity contribution in [1.29, 1.82) is 0 Å². The number of hydrogen-bond acceptors (Lipinski definition) is 3. The molecule has 1 N–H and O–H groups in total. The SMILES string of the molecule is O=C(O)c1nc2c(s1)Cc1cc(Cl)ccc1-2. The van der Waals surface area contributed by atoms with Crippen LogP contribution < -0.4 is 0 Å². The Morgan fingerprint density at radius 1 is 1.50 bits per heavy atom. The van der Waals surface area contributed by atoms with E-state index in [1.165, 1.54) is 11.3 Å². The third-order valence-corrected chi connectivity index (χ3v) is 3.83. The highest BCUT2D eigenvalue weighted by atomic mass is 35.5. The number of carboxylic acid groups (broad SMARTS) is 1. The van der Waals surface area contributed by atoms with Crippen molar-refractivity contribution in [2.24, 2.45) is 0 Å².